The first-order chi connectivity index (χ1) is 15.1. The van der Waals surface area contributed by atoms with E-state index in [4.69, 9.17) is 11.6 Å². The molecule has 0 saturated heterocycles. The van der Waals surface area contributed by atoms with Gasteiger partial charge in [0, 0.05) is 30.2 Å². The number of hydrogen-bond acceptors (Lipinski definition) is 4. The molecular weight excluding hydrogens is 510 g/mol. The average Bonchev–Trinajstić information content (AvgIpc) is 3.36. The van der Waals surface area contributed by atoms with E-state index in [2.05, 4.69) is 15.5 Å². The molecule has 33 heavy (non-hydrogen) atoms. The van der Waals surface area contributed by atoms with E-state index in [-0.39, 0.29) is 20.1 Å². The van der Waals surface area contributed by atoms with E-state index < -0.39 is 41.3 Å². The van der Waals surface area contributed by atoms with Crippen LogP contribution in [0.25, 0.3) is 16.3 Å². The first-order valence-corrected chi connectivity index (χ1v) is 10.0. The van der Waals surface area contributed by atoms with Crippen molar-refractivity contribution in [1.82, 2.24) is 24.9 Å². The van der Waals surface area contributed by atoms with Crippen molar-refractivity contribution < 1.29 is 39.9 Å². The molecule has 0 radical (unpaired) electrons. The molecule has 0 bridgehead atoms. The van der Waals surface area contributed by atoms with Gasteiger partial charge in [0.25, 0.3) is 5.91 Å². The van der Waals surface area contributed by atoms with Gasteiger partial charge in [0.15, 0.2) is 11.5 Å². The summed E-state index contributed by atoms with van der Waals surface area (Å²) in [6, 6.07) is 1.34. The number of aromatic nitrogens is 4. The predicted molar refractivity (Wildman–Crippen MR) is 102 cm³/mol. The SMILES string of the molecule is CCNC(=O)c1cc(-c2cnn(-c3c(C(F)(F)F)c(C(F)(F)C(F)(F)F)nn3C)c2)sc1Cl. The van der Waals surface area contributed by atoms with E-state index >= 15 is 0 Å². The van der Waals surface area contributed by atoms with Crippen molar-refractivity contribution in [2.75, 3.05) is 6.54 Å². The van der Waals surface area contributed by atoms with Crippen LogP contribution in [-0.2, 0) is 19.1 Å². The molecule has 0 saturated carbocycles. The highest BCUT2D eigenvalue weighted by Gasteiger charge is 2.64. The maximum Gasteiger partial charge on any atom is 0.459 e. The van der Waals surface area contributed by atoms with Crippen LogP contribution in [0, 0.1) is 0 Å². The summed E-state index contributed by atoms with van der Waals surface area (Å²) in [5, 5.41) is 9.02. The maximum atomic E-state index is 13.8. The third-order valence-electron chi connectivity index (χ3n) is 4.31. The molecule has 6 nitrogen and oxygen atoms in total. The number of rotatable bonds is 5. The molecule has 0 fully saturated rings. The largest absolute Gasteiger partial charge is 0.459 e. The van der Waals surface area contributed by atoms with Crippen molar-refractivity contribution in [2.45, 2.75) is 25.2 Å². The molecule has 180 valence electrons. The number of carbonyl (C=O) groups excluding carboxylic acids is 1. The smallest absolute Gasteiger partial charge is 0.352 e. The van der Waals surface area contributed by atoms with Crippen molar-refractivity contribution in [3.8, 4) is 16.3 Å². The molecule has 1 N–H and O–H groups in total. The quantitative estimate of drug-likeness (QED) is 0.457. The van der Waals surface area contributed by atoms with Crippen LogP contribution in [0.5, 0.6) is 0 Å². The second-order valence-corrected chi connectivity index (χ2v) is 8.23. The fraction of sp³-hybridized carbons (Fsp3) is 0.353. The van der Waals surface area contributed by atoms with E-state index in [0.29, 0.717) is 16.1 Å². The van der Waals surface area contributed by atoms with E-state index in [9.17, 15) is 39.9 Å². The van der Waals surface area contributed by atoms with Crippen molar-refractivity contribution in [1.29, 1.82) is 0 Å². The van der Waals surface area contributed by atoms with Crippen LogP contribution < -0.4 is 5.32 Å². The summed E-state index contributed by atoms with van der Waals surface area (Å²) in [6.07, 6.45) is -9.92. The average molecular weight is 522 g/mol. The molecule has 16 heteroatoms. The first kappa shape index (κ1) is 25.0. The Morgan fingerprint density at radius 2 is 1.82 bits per heavy atom. The van der Waals surface area contributed by atoms with E-state index in [1.54, 1.807) is 6.92 Å². The van der Waals surface area contributed by atoms with Gasteiger partial charge in [-0.25, -0.2) is 9.36 Å². The van der Waals surface area contributed by atoms with Crippen molar-refractivity contribution in [3.05, 3.63) is 39.6 Å². The Balaban J connectivity index is 2.14. The molecule has 0 spiro atoms. The molecule has 1 amide bonds. The van der Waals surface area contributed by atoms with Gasteiger partial charge in [-0.15, -0.1) is 11.3 Å². The zero-order valence-corrected chi connectivity index (χ0v) is 18.0. The second-order valence-electron chi connectivity index (χ2n) is 6.57. The normalized spacial score (nSPS) is 12.9. The van der Waals surface area contributed by atoms with E-state index in [1.165, 1.54) is 6.07 Å². The van der Waals surface area contributed by atoms with Gasteiger partial charge in [0.2, 0.25) is 0 Å². The van der Waals surface area contributed by atoms with Gasteiger partial charge >= 0.3 is 18.3 Å². The minimum atomic E-state index is -6.31. The maximum absolute atomic E-state index is 13.8. The van der Waals surface area contributed by atoms with E-state index in [0.717, 1.165) is 30.8 Å². The minimum absolute atomic E-state index is 0.0762. The summed E-state index contributed by atoms with van der Waals surface area (Å²) < 4.78 is 108. The predicted octanol–water partition coefficient (Wildman–Crippen LogP) is 5.41. The van der Waals surface area contributed by atoms with Gasteiger partial charge < -0.3 is 5.32 Å². The Morgan fingerprint density at radius 3 is 2.36 bits per heavy atom. The van der Waals surface area contributed by atoms with Gasteiger partial charge in [0.1, 0.15) is 9.90 Å². The number of nitrogens with zero attached hydrogens (tertiary/aromatic N) is 4. The summed E-state index contributed by atoms with van der Waals surface area (Å²) in [7, 11) is 0.775. The first-order valence-electron chi connectivity index (χ1n) is 8.81. The van der Waals surface area contributed by atoms with Gasteiger partial charge in [-0.3, -0.25) is 4.79 Å². The number of hydrogen-bond donors (Lipinski definition) is 1. The third-order valence-corrected chi connectivity index (χ3v) is 5.71. The third kappa shape index (κ3) is 4.43. The minimum Gasteiger partial charge on any atom is -0.352 e. The highest BCUT2D eigenvalue weighted by Crippen LogP contribution is 2.49. The lowest BCUT2D eigenvalue weighted by atomic mass is 10.1. The molecule has 3 aromatic heterocycles. The molecular formula is C17H12ClF8N5OS. The number of carbonyl (C=O) groups is 1. The molecule has 0 aliphatic heterocycles. The van der Waals surface area contributed by atoms with Crippen molar-refractivity contribution >= 4 is 28.8 Å². The standard InChI is InChI=1S/C17H12ClF8N5OS/c1-3-27-13(32)8-4-9(33-12(8)18)7-5-28-31(6-7)14-10(16(21,22)23)11(29-30(14)2)15(19,20)17(24,25)26/h4-6H,3H2,1-2H3,(H,27,32). The number of thiophene rings is 1. The molecule has 0 unspecified atom stereocenters. The summed E-state index contributed by atoms with van der Waals surface area (Å²) in [6.45, 7) is 1.98. The molecule has 3 rings (SSSR count). The van der Waals surface area contributed by atoms with Gasteiger partial charge in [0.05, 0.1) is 11.8 Å². The highest BCUT2D eigenvalue weighted by molar-refractivity contribution is 7.19. The number of aryl methyl sites for hydroxylation is 1. The number of alkyl halides is 8. The zero-order chi connectivity index (χ0) is 24.9. The van der Waals surface area contributed by atoms with Crippen molar-refractivity contribution in [2.24, 2.45) is 7.05 Å². The fourth-order valence-corrected chi connectivity index (χ4v) is 4.12. The van der Waals surface area contributed by atoms with Gasteiger partial charge in [-0.2, -0.15) is 45.3 Å². The van der Waals surface area contributed by atoms with Crippen LogP contribution in [0.3, 0.4) is 0 Å². The Labute approximate surface area is 188 Å². The monoisotopic (exact) mass is 521 g/mol. The number of amides is 1. The van der Waals surface area contributed by atoms with Crippen LogP contribution in [0.2, 0.25) is 4.34 Å². The summed E-state index contributed by atoms with van der Waals surface area (Å²) in [4.78, 5) is 12.3. The Bertz CT molecular complexity index is 1190. The molecule has 0 aliphatic carbocycles. The Kier molecular flexibility index (Phi) is 6.25. The highest BCUT2D eigenvalue weighted by atomic mass is 35.5. The van der Waals surface area contributed by atoms with Crippen LogP contribution in [-0.4, -0.2) is 38.2 Å². The zero-order valence-electron chi connectivity index (χ0n) is 16.4. The lowest BCUT2D eigenvalue weighted by Gasteiger charge is -2.19. The molecule has 0 aromatic carbocycles. The summed E-state index contributed by atoms with van der Waals surface area (Å²) in [5.74, 6) is -7.52. The molecule has 0 aliphatic rings. The van der Waals surface area contributed by atoms with Gasteiger partial charge in [-0.05, 0) is 13.0 Å². The van der Waals surface area contributed by atoms with Crippen LogP contribution in [0.1, 0.15) is 28.5 Å². The fourth-order valence-electron chi connectivity index (χ4n) is 2.88. The van der Waals surface area contributed by atoms with Crippen LogP contribution in [0.4, 0.5) is 35.1 Å². The van der Waals surface area contributed by atoms with Gasteiger partial charge in [-0.1, -0.05) is 11.6 Å². The lowest BCUT2D eigenvalue weighted by Crippen LogP contribution is -2.36. The van der Waals surface area contributed by atoms with Crippen LogP contribution in [0.15, 0.2) is 18.5 Å². The Morgan fingerprint density at radius 1 is 1.18 bits per heavy atom. The number of nitrogens with one attached hydrogen (secondary N) is 1. The second kappa shape index (κ2) is 8.27. The number of halogens is 9. The lowest BCUT2D eigenvalue weighted by molar-refractivity contribution is -0.292. The van der Waals surface area contributed by atoms with Crippen LogP contribution >= 0.6 is 22.9 Å². The molecule has 3 heterocycles. The topological polar surface area (TPSA) is 64.7 Å². The van der Waals surface area contributed by atoms with Crippen molar-refractivity contribution in [3.63, 3.8) is 0 Å². The molecule has 3 aromatic rings. The summed E-state index contributed by atoms with van der Waals surface area (Å²) >= 11 is 6.93. The van der Waals surface area contributed by atoms with E-state index in [1.807, 2.05) is 0 Å². The molecule has 0 atom stereocenters. The Hall–Kier alpha value is -2.68. The summed E-state index contributed by atoms with van der Waals surface area (Å²) in [5.41, 5.74) is -4.55.